The number of benzene rings is 2. The lowest BCUT2D eigenvalue weighted by Gasteiger charge is -2.58. The van der Waals surface area contributed by atoms with E-state index in [1.807, 2.05) is 55.5 Å². The van der Waals surface area contributed by atoms with Crippen molar-refractivity contribution in [1.29, 1.82) is 0 Å². The van der Waals surface area contributed by atoms with Gasteiger partial charge >= 0.3 is 0 Å². The van der Waals surface area contributed by atoms with Crippen molar-refractivity contribution in [2.45, 2.75) is 64.5 Å². The minimum Gasteiger partial charge on any atom is -0.497 e. The highest BCUT2D eigenvalue weighted by atomic mass is 32.1. The number of hydrogen-bond acceptors (Lipinski definition) is 8. The Balaban J connectivity index is 1.40. The largest absolute Gasteiger partial charge is 0.497 e. The quantitative estimate of drug-likeness (QED) is 0.268. The summed E-state index contributed by atoms with van der Waals surface area (Å²) in [7, 11) is 3.21. The first-order chi connectivity index (χ1) is 20.6. The van der Waals surface area contributed by atoms with E-state index in [0.29, 0.717) is 36.7 Å². The van der Waals surface area contributed by atoms with Gasteiger partial charge in [0.25, 0.3) is 0 Å². The molecule has 0 spiro atoms. The number of nitrogens with one attached hydrogen (secondary N) is 2. The van der Waals surface area contributed by atoms with Gasteiger partial charge in [-0.25, -0.2) is 4.98 Å². The van der Waals surface area contributed by atoms with E-state index in [-0.39, 0.29) is 48.5 Å². The predicted octanol–water partition coefficient (Wildman–Crippen LogP) is 4.46. The molecule has 10 heteroatoms. The molecule has 1 heterocycles. The summed E-state index contributed by atoms with van der Waals surface area (Å²) in [5, 5.41) is 28.1. The highest BCUT2D eigenvalue weighted by molar-refractivity contribution is 7.15. The van der Waals surface area contributed by atoms with E-state index >= 15 is 0 Å². The van der Waals surface area contributed by atoms with Gasteiger partial charge in [-0.05, 0) is 54.4 Å². The molecule has 0 aliphatic heterocycles. The van der Waals surface area contributed by atoms with E-state index in [1.165, 1.54) is 11.3 Å². The minimum absolute atomic E-state index is 0.0726. The fourth-order valence-electron chi connectivity index (χ4n) is 7.09. The number of carbonyl (C=O) groups excluding carboxylic acids is 2. The van der Waals surface area contributed by atoms with Gasteiger partial charge in [0.05, 0.1) is 39.0 Å². The third-order valence-electron chi connectivity index (χ3n) is 9.72. The van der Waals surface area contributed by atoms with Gasteiger partial charge in [-0.1, -0.05) is 44.2 Å². The molecule has 0 radical (unpaired) electrons. The number of ether oxygens (including phenoxy) is 2. The maximum Gasteiger partial charge on any atom is 0.230 e. The topological polar surface area (TPSA) is 130 Å². The van der Waals surface area contributed by atoms with Gasteiger partial charge in [-0.2, -0.15) is 0 Å². The van der Waals surface area contributed by atoms with Crippen LogP contribution >= 0.6 is 11.3 Å². The molecule has 3 aromatic rings. The number of nitrogens with zero attached hydrogens (tertiary/aromatic N) is 1. The molecule has 1 saturated carbocycles. The monoisotopic (exact) mass is 607 g/mol. The van der Waals surface area contributed by atoms with Crippen molar-refractivity contribution in [1.82, 2.24) is 10.3 Å². The molecule has 9 nitrogen and oxygen atoms in total. The highest BCUT2D eigenvalue weighted by Crippen LogP contribution is 2.62. The van der Waals surface area contributed by atoms with Gasteiger partial charge in [0.1, 0.15) is 11.5 Å². The first kappa shape index (κ1) is 31.0. The fraction of sp³-hybridized carbons (Fsp3) is 0.485. The molecular weight excluding hydrogens is 566 g/mol. The van der Waals surface area contributed by atoms with Crippen LogP contribution in [0, 0.1) is 16.7 Å². The second kappa shape index (κ2) is 12.6. The van der Waals surface area contributed by atoms with Gasteiger partial charge < -0.3 is 30.3 Å². The van der Waals surface area contributed by atoms with Crippen LogP contribution in [0.5, 0.6) is 11.5 Å². The number of aliphatic hydroxyl groups excluding tert-OH is 2. The minimum atomic E-state index is -0.724. The van der Waals surface area contributed by atoms with Crippen LogP contribution in [0.1, 0.15) is 60.7 Å². The van der Waals surface area contributed by atoms with Crippen molar-refractivity contribution in [3.05, 3.63) is 70.2 Å². The Morgan fingerprint density at radius 2 is 1.81 bits per heavy atom. The van der Waals surface area contributed by atoms with Crippen LogP contribution in [0.15, 0.2) is 48.5 Å². The Kier molecular flexibility index (Phi) is 9.10. The van der Waals surface area contributed by atoms with E-state index in [9.17, 15) is 19.8 Å². The number of anilines is 1. The number of methoxy groups -OCH3 is 2. The summed E-state index contributed by atoms with van der Waals surface area (Å²) >= 11 is 1.42. The van der Waals surface area contributed by atoms with Gasteiger partial charge in [0.2, 0.25) is 11.8 Å². The van der Waals surface area contributed by atoms with Crippen LogP contribution in [0.25, 0.3) is 0 Å². The lowest BCUT2D eigenvalue weighted by Crippen LogP contribution is -2.57. The summed E-state index contributed by atoms with van der Waals surface area (Å²) in [6.07, 6.45) is 1.61. The summed E-state index contributed by atoms with van der Waals surface area (Å²) in [6.45, 7) is 4.29. The predicted molar refractivity (Wildman–Crippen MR) is 165 cm³/mol. The number of aliphatic hydroxyl groups is 2. The Labute approximate surface area is 256 Å². The standard InChI is InChI=1S/C33H41N3O6S/c1-32-14-13-27(38)33(2,19-37)26(32)17-25-30(23(32)16-28(39)34-18-21-7-5-6-8-24(21)42-4)36-31(43-25)35-29(40)15-20-9-11-22(41-3)12-10-20/h5-12,23,26-27,37-38H,13-19H2,1-4H3,(H,34,39)(H,35,36,40). The van der Waals surface area contributed by atoms with Crippen molar-refractivity contribution in [3.8, 4) is 11.5 Å². The average molecular weight is 608 g/mol. The third kappa shape index (κ3) is 6.14. The molecule has 5 atom stereocenters. The second-order valence-corrected chi connectivity index (χ2v) is 13.3. The van der Waals surface area contributed by atoms with Crippen molar-refractivity contribution in [3.63, 3.8) is 0 Å². The smallest absolute Gasteiger partial charge is 0.230 e. The van der Waals surface area contributed by atoms with Crippen LogP contribution in [0.3, 0.4) is 0 Å². The number of amides is 2. The summed E-state index contributed by atoms with van der Waals surface area (Å²) in [6, 6.07) is 14.9. The highest BCUT2D eigenvalue weighted by Gasteiger charge is 2.59. The molecule has 230 valence electrons. The Hall–Kier alpha value is -3.47. The van der Waals surface area contributed by atoms with Crippen LogP contribution in [-0.4, -0.2) is 53.9 Å². The van der Waals surface area contributed by atoms with Crippen molar-refractivity contribution in [2.24, 2.45) is 16.7 Å². The first-order valence-corrected chi connectivity index (χ1v) is 15.5. The van der Waals surface area contributed by atoms with Crippen LogP contribution < -0.4 is 20.1 Å². The Morgan fingerprint density at radius 3 is 2.51 bits per heavy atom. The molecular formula is C33H41N3O6S. The molecule has 0 saturated heterocycles. The molecule has 2 aliphatic carbocycles. The van der Waals surface area contributed by atoms with Gasteiger partial charge in [0.15, 0.2) is 5.13 Å². The molecule has 0 bridgehead atoms. The van der Waals surface area contributed by atoms with E-state index in [1.54, 1.807) is 14.2 Å². The zero-order valence-corrected chi connectivity index (χ0v) is 26.0. The number of carbonyl (C=O) groups is 2. The normalized spacial score (nSPS) is 26.1. The van der Waals surface area contributed by atoms with E-state index in [2.05, 4.69) is 17.6 Å². The fourth-order valence-corrected chi connectivity index (χ4v) is 8.18. The van der Waals surface area contributed by atoms with Gasteiger partial charge in [-0.3, -0.25) is 9.59 Å². The molecule has 43 heavy (non-hydrogen) atoms. The Bertz CT molecular complexity index is 1460. The molecule has 5 rings (SSSR count). The lowest BCUT2D eigenvalue weighted by atomic mass is 9.47. The molecule has 2 aliphatic rings. The average Bonchev–Trinajstić information content (AvgIpc) is 3.41. The summed E-state index contributed by atoms with van der Waals surface area (Å²) in [5.41, 5.74) is 1.46. The summed E-state index contributed by atoms with van der Waals surface area (Å²) in [4.78, 5) is 32.4. The maximum absolute atomic E-state index is 13.5. The number of hydrogen-bond donors (Lipinski definition) is 4. The second-order valence-electron chi connectivity index (χ2n) is 12.2. The van der Waals surface area contributed by atoms with Crippen molar-refractivity contribution in [2.75, 3.05) is 26.1 Å². The summed E-state index contributed by atoms with van der Waals surface area (Å²) < 4.78 is 10.6. The number of rotatable bonds is 10. The number of aromatic nitrogens is 1. The first-order valence-electron chi connectivity index (χ1n) is 14.7. The van der Waals surface area contributed by atoms with Crippen LogP contribution in [0.2, 0.25) is 0 Å². The maximum atomic E-state index is 13.5. The van der Waals surface area contributed by atoms with Gasteiger partial charge in [0, 0.05) is 34.7 Å². The van der Waals surface area contributed by atoms with Crippen LogP contribution in [0.4, 0.5) is 5.13 Å². The zero-order chi connectivity index (χ0) is 30.8. The molecule has 4 N–H and O–H groups in total. The molecule has 2 amide bonds. The van der Waals surface area contributed by atoms with Crippen molar-refractivity contribution < 1.29 is 29.3 Å². The van der Waals surface area contributed by atoms with E-state index in [4.69, 9.17) is 14.5 Å². The molecule has 1 aromatic heterocycles. The molecule has 2 aromatic carbocycles. The summed E-state index contributed by atoms with van der Waals surface area (Å²) in [5.74, 6) is 0.826. The molecule has 1 fully saturated rings. The Morgan fingerprint density at radius 1 is 1.07 bits per heavy atom. The van der Waals surface area contributed by atoms with Crippen molar-refractivity contribution >= 4 is 28.3 Å². The lowest BCUT2D eigenvalue weighted by molar-refractivity contribution is -0.144. The zero-order valence-electron chi connectivity index (χ0n) is 25.2. The van der Waals surface area contributed by atoms with Gasteiger partial charge in [-0.15, -0.1) is 11.3 Å². The van der Waals surface area contributed by atoms with Crippen LogP contribution in [-0.2, 0) is 29.0 Å². The SMILES string of the molecule is COc1ccc(CC(=O)Nc2nc3c(s2)CC2C(C)(CO)C(O)CCC2(C)C3CC(=O)NCc2ccccc2OC)cc1. The third-order valence-corrected chi connectivity index (χ3v) is 10.7. The van der Waals surface area contributed by atoms with E-state index in [0.717, 1.165) is 27.4 Å². The number of thiazole rings is 1. The number of para-hydroxylation sites is 1. The number of fused-ring (bicyclic) bond motifs is 2. The molecule has 5 unspecified atom stereocenters. The van der Waals surface area contributed by atoms with E-state index < -0.39 is 11.5 Å².